The van der Waals surface area contributed by atoms with Crippen molar-refractivity contribution in [1.29, 1.82) is 5.26 Å². The van der Waals surface area contributed by atoms with E-state index in [0.29, 0.717) is 19.5 Å². The molecule has 124 valence electrons. The zero-order valence-corrected chi connectivity index (χ0v) is 14.8. The zero-order valence-electron chi connectivity index (χ0n) is 14.0. The second kappa shape index (κ2) is 12.0. The molecular formula is C16H32N2O2S. The summed E-state index contributed by atoms with van der Waals surface area (Å²) in [5.74, 6) is 0. The van der Waals surface area contributed by atoms with Gasteiger partial charge in [0.15, 0.2) is 5.25 Å². The van der Waals surface area contributed by atoms with Crippen molar-refractivity contribution in [3.8, 4) is 6.07 Å². The molecule has 0 aliphatic carbocycles. The lowest BCUT2D eigenvalue weighted by Crippen LogP contribution is -2.39. The van der Waals surface area contributed by atoms with E-state index in [2.05, 4.69) is 6.92 Å². The van der Waals surface area contributed by atoms with E-state index < -0.39 is 15.3 Å². The quantitative estimate of drug-likeness (QED) is 0.481. The lowest BCUT2D eigenvalue weighted by molar-refractivity contribution is 0.404. The lowest BCUT2D eigenvalue weighted by atomic mass is 10.1. The summed E-state index contributed by atoms with van der Waals surface area (Å²) in [5.41, 5.74) is 0. The van der Waals surface area contributed by atoms with Gasteiger partial charge in [-0.2, -0.15) is 5.26 Å². The molecule has 0 amide bonds. The van der Waals surface area contributed by atoms with E-state index in [4.69, 9.17) is 0 Å². The number of unbranched alkanes of at least 4 members (excludes halogenated alkanes) is 5. The van der Waals surface area contributed by atoms with Crippen LogP contribution in [0, 0.1) is 11.3 Å². The summed E-state index contributed by atoms with van der Waals surface area (Å²) in [5, 5.41) is 8.36. The normalized spacial score (nSPS) is 13.3. The molecule has 0 saturated carbocycles. The first-order valence-corrected chi connectivity index (χ1v) is 9.93. The van der Waals surface area contributed by atoms with Gasteiger partial charge in [0, 0.05) is 13.1 Å². The van der Waals surface area contributed by atoms with Crippen molar-refractivity contribution < 1.29 is 8.42 Å². The van der Waals surface area contributed by atoms with Crippen molar-refractivity contribution in [1.82, 2.24) is 4.31 Å². The molecule has 0 aromatic rings. The smallest absolute Gasteiger partial charge is 0.211 e. The lowest BCUT2D eigenvalue weighted by Gasteiger charge is -2.23. The monoisotopic (exact) mass is 316 g/mol. The van der Waals surface area contributed by atoms with Gasteiger partial charge in [-0.1, -0.05) is 59.3 Å². The highest BCUT2D eigenvalue weighted by Crippen LogP contribution is 2.17. The number of rotatable bonds is 13. The van der Waals surface area contributed by atoms with Gasteiger partial charge in [-0.3, -0.25) is 0 Å². The SMILES string of the molecule is CCCCCCCCC(C#N)S(=O)(=O)N(CCC)CCC. The van der Waals surface area contributed by atoms with Gasteiger partial charge < -0.3 is 0 Å². The molecule has 0 bridgehead atoms. The fraction of sp³-hybridized carbons (Fsp3) is 0.938. The fourth-order valence-electron chi connectivity index (χ4n) is 2.44. The predicted molar refractivity (Wildman–Crippen MR) is 88.5 cm³/mol. The Bertz CT molecular complexity index is 382. The van der Waals surface area contributed by atoms with Crippen LogP contribution in [0.1, 0.15) is 78.6 Å². The van der Waals surface area contributed by atoms with Crippen molar-refractivity contribution in [3.63, 3.8) is 0 Å². The van der Waals surface area contributed by atoms with Gasteiger partial charge in [-0.05, 0) is 19.3 Å². The molecule has 1 atom stereocenters. The molecule has 0 aliphatic heterocycles. The Balaban J connectivity index is 4.44. The maximum Gasteiger partial charge on any atom is 0.230 e. The third kappa shape index (κ3) is 7.82. The Hall–Kier alpha value is -0.600. The summed E-state index contributed by atoms with van der Waals surface area (Å²) in [6.45, 7) is 7.14. The van der Waals surface area contributed by atoms with Crippen LogP contribution in [0.5, 0.6) is 0 Å². The van der Waals surface area contributed by atoms with Crippen LogP contribution in [0.2, 0.25) is 0 Å². The summed E-state index contributed by atoms with van der Waals surface area (Å²) in [7, 11) is -3.46. The summed E-state index contributed by atoms with van der Waals surface area (Å²) in [6.07, 6.45) is 8.68. The Morgan fingerprint density at radius 1 is 0.905 bits per heavy atom. The number of nitrogens with zero attached hydrogens (tertiary/aromatic N) is 2. The van der Waals surface area contributed by atoms with E-state index in [1.54, 1.807) is 0 Å². The highest BCUT2D eigenvalue weighted by atomic mass is 32.2. The summed E-state index contributed by atoms with van der Waals surface area (Å²) >= 11 is 0. The Labute approximate surface area is 131 Å². The minimum Gasteiger partial charge on any atom is -0.211 e. The maximum absolute atomic E-state index is 12.5. The molecule has 0 saturated heterocycles. The van der Waals surface area contributed by atoms with Crippen LogP contribution >= 0.6 is 0 Å². The van der Waals surface area contributed by atoms with Crippen LogP contribution in [0.4, 0.5) is 0 Å². The number of hydrogen-bond acceptors (Lipinski definition) is 3. The summed E-state index contributed by atoms with van der Waals surface area (Å²) in [6, 6.07) is 2.01. The fourth-order valence-corrected chi connectivity index (χ4v) is 4.27. The van der Waals surface area contributed by atoms with Gasteiger partial charge in [0.1, 0.15) is 0 Å². The third-order valence-electron chi connectivity index (χ3n) is 3.63. The second-order valence-corrected chi connectivity index (χ2v) is 7.73. The van der Waals surface area contributed by atoms with Crippen molar-refractivity contribution in [2.24, 2.45) is 0 Å². The molecule has 0 aromatic heterocycles. The molecule has 5 heteroatoms. The molecular weight excluding hydrogens is 284 g/mol. The minimum absolute atomic E-state index is 0.467. The maximum atomic E-state index is 12.5. The largest absolute Gasteiger partial charge is 0.230 e. The van der Waals surface area contributed by atoms with E-state index in [1.165, 1.54) is 23.6 Å². The Kier molecular flexibility index (Phi) is 11.7. The molecule has 0 rings (SSSR count). The van der Waals surface area contributed by atoms with Gasteiger partial charge in [0.05, 0.1) is 6.07 Å². The van der Waals surface area contributed by atoms with Crippen LogP contribution in [0.3, 0.4) is 0 Å². The van der Waals surface area contributed by atoms with E-state index >= 15 is 0 Å². The van der Waals surface area contributed by atoms with Gasteiger partial charge in [0.25, 0.3) is 0 Å². The highest BCUT2D eigenvalue weighted by molar-refractivity contribution is 7.90. The number of sulfonamides is 1. The average Bonchev–Trinajstić information content (AvgIpc) is 2.46. The molecule has 0 aliphatic rings. The van der Waals surface area contributed by atoms with Gasteiger partial charge in [-0.25, -0.2) is 12.7 Å². The van der Waals surface area contributed by atoms with Crippen molar-refractivity contribution in [3.05, 3.63) is 0 Å². The molecule has 0 N–H and O–H groups in total. The molecule has 0 radical (unpaired) electrons. The van der Waals surface area contributed by atoms with Gasteiger partial charge >= 0.3 is 0 Å². The van der Waals surface area contributed by atoms with E-state index in [1.807, 2.05) is 19.9 Å². The average molecular weight is 317 g/mol. The molecule has 0 spiro atoms. The van der Waals surface area contributed by atoms with Crippen LogP contribution in [0.25, 0.3) is 0 Å². The van der Waals surface area contributed by atoms with Crippen molar-refractivity contribution in [2.45, 2.75) is 83.8 Å². The first-order chi connectivity index (χ1) is 10.0. The van der Waals surface area contributed by atoms with Crippen molar-refractivity contribution in [2.75, 3.05) is 13.1 Å². The van der Waals surface area contributed by atoms with E-state index in [0.717, 1.165) is 32.1 Å². The molecule has 1 unspecified atom stereocenters. The van der Waals surface area contributed by atoms with E-state index in [-0.39, 0.29) is 0 Å². The number of hydrogen-bond donors (Lipinski definition) is 0. The predicted octanol–water partition coefficient (Wildman–Crippen LogP) is 4.08. The number of nitriles is 1. The van der Waals surface area contributed by atoms with Crippen molar-refractivity contribution >= 4 is 10.0 Å². The molecule has 21 heavy (non-hydrogen) atoms. The van der Waals surface area contributed by atoms with Crippen LogP contribution in [-0.2, 0) is 10.0 Å². The molecule has 4 nitrogen and oxygen atoms in total. The zero-order chi connectivity index (χ0) is 16.1. The third-order valence-corrected chi connectivity index (χ3v) is 5.77. The molecule has 0 fully saturated rings. The summed E-state index contributed by atoms with van der Waals surface area (Å²) < 4.78 is 26.5. The standard InChI is InChI=1S/C16H32N2O2S/c1-4-7-8-9-10-11-12-16(15-17)21(19,20)18(13-5-2)14-6-3/h16H,4-14H2,1-3H3. The van der Waals surface area contributed by atoms with Gasteiger partial charge in [0.2, 0.25) is 10.0 Å². The van der Waals surface area contributed by atoms with Crippen LogP contribution in [-0.4, -0.2) is 31.1 Å². The van der Waals surface area contributed by atoms with Crippen LogP contribution in [0.15, 0.2) is 0 Å². The Morgan fingerprint density at radius 3 is 1.90 bits per heavy atom. The van der Waals surface area contributed by atoms with E-state index in [9.17, 15) is 13.7 Å². The topological polar surface area (TPSA) is 61.2 Å². The second-order valence-electron chi connectivity index (χ2n) is 5.62. The van der Waals surface area contributed by atoms with Crippen LogP contribution < -0.4 is 0 Å². The molecule has 0 heterocycles. The first-order valence-electron chi connectivity index (χ1n) is 8.43. The highest BCUT2D eigenvalue weighted by Gasteiger charge is 2.30. The summed E-state index contributed by atoms with van der Waals surface area (Å²) in [4.78, 5) is 0. The minimum atomic E-state index is -3.46. The van der Waals surface area contributed by atoms with Gasteiger partial charge in [-0.15, -0.1) is 0 Å². The Morgan fingerprint density at radius 2 is 1.43 bits per heavy atom. The first kappa shape index (κ1) is 20.4. The molecule has 0 aromatic carbocycles.